The van der Waals surface area contributed by atoms with E-state index in [2.05, 4.69) is 5.32 Å². The lowest BCUT2D eigenvalue weighted by molar-refractivity contribution is -0.122. The van der Waals surface area contributed by atoms with Crippen molar-refractivity contribution in [3.8, 4) is 0 Å². The third-order valence-electron chi connectivity index (χ3n) is 4.31. The third-order valence-corrected chi connectivity index (χ3v) is 4.31. The minimum Gasteiger partial charge on any atom is -0.399 e. The van der Waals surface area contributed by atoms with Crippen LogP contribution in [-0.2, 0) is 27.2 Å². The van der Waals surface area contributed by atoms with Crippen molar-refractivity contribution >= 4 is 18.5 Å². The fourth-order valence-corrected chi connectivity index (χ4v) is 2.38. The molecule has 1 fully saturated rings. The fraction of sp³-hybridized carbons (Fsp3) is 0.615. The van der Waals surface area contributed by atoms with Crippen molar-refractivity contribution in [2.75, 3.05) is 0 Å². The van der Waals surface area contributed by atoms with E-state index in [-0.39, 0.29) is 24.2 Å². The average Bonchev–Trinajstić information content (AvgIpc) is 2.78. The van der Waals surface area contributed by atoms with Crippen LogP contribution in [0.15, 0.2) is 12.3 Å². The Labute approximate surface area is 113 Å². The monoisotopic (exact) mass is 262 g/mol. The Kier molecular flexibility index (Phi) is 2.60. The van der Waals surface area contributed by atoms with E-state index in [1.165, 1.54) is 0 Å². The molecule has 0 radical (unpaired) electrons. The van der Waals surface area contributed by atoms with E-state index in [0.717, 1.165) is 11.2 Å². The summed E-state index contributed by atoms with van der Waals surface area (Å²) >= 11 is 0. The Balaban J connectivity index is 1.87. The number of nitrogens with zero attached hydrogens (tertiary/aromatic N) is 1. The first-order valence-corrected chi connectivity index (χ1v) is 6.60. The van der Waals surface area contributed by atoms with Gasteiger partial charge in [-0.1, -0.05) is 0 Å². The maximum atomic E-state index is 11.4. The summed E-state index contributed by atoms with van der Waals surface area (Å²) < 4.78 is 14.0. The summed E-state index contributed by atoms with van der Waals surface area (Å²) in [5.41, 5.74) is 1.39. The summed E-state index contributed by atoms with van der Waals surface area (Å²) in [6, 6.07) is 2.04. The zero-order valence-corrected chi connectivity index (χ0v) is 11.8. The molecule has 1 aromatic rings. The molecular formula is C13H19BN2O3. The van der Waals surface area contributed by atoms with Gasteiger partial charge in [0, 0.05) is 17.4 Å². The lowest BCUT2D eigenvalue weighted by atomic mass is 9.81. The van der Waals surface area contributed by atoms with Gasteiger partial charge in [0.2, 0.25) is 5.91 Å². The van der Waals surface area contributed by atoms with Crippen molar-refractivity contribution in [3.05, 3.63) is 18.0 Å². The molecule has 6 heteroatoms. The number of carbonyl (C=O) groups is 1. The lowest BCUT2D eigenvalue weighted by Crippen LogP contribution is -2.41. The molecule has 102 valence electrons. The molecule has 1 aromatic heterocycles. The Hall–Kier alpha value is -1.27. The van der Waals surface area contributed by atoms with Gasteiger partial charge in [-0.15, -0.1) is 0 Å². The molecule has 19 heavy (non-hydrogen) atoms. The number of amides is 1. The topological polar surface area (TPSA) is 52.5 Å². The van der Waals surface area contributed by atoms with Crippen LogP contribution in [0.1, 0.15) is 33.4 Å². The number of rotatable bonds is 1. The largest absolute Gasteiger partial charge is 0.496 e. The first kappa shape index (κ1) is 12.8. The van der Waals surface area contributed by atoms with Crippen molar-refractivity contribution < 1.29 is 14.1 Å². The zero-order chi connectivity index (χ0) is 13.8. The SMILES string of the molecule is CC1(C)OB(c2cc3n(c2)CC(=O)NC3)OC1(C)C. The molecule has 2 aliphatic heterocycles. The predicted octanol–water partition coefficient (Wildman–Crippen LogP) is 0.417. The zero-order valence-electron chi connectivity index (χ0n) is 11.8. The standard InChI is InChI=1S/C13H19BN2O3/c1-12(2)13(3,4)19-14(18-12)9-5-10-6-15-11(17)8-16(10)7-9/h5,7H,6,8H2,1-4H3,(H,15,17). The van der Waals surface area contributed by atoms with Crippen LogP contribution in [0.5, 0.6) is 0 Å². The van der Waals surface area contributed by atoms with Crippen LogP contribution >= 0.6 is 0 Å². The molecule has 0 saturated carbocycles. The summed E-state index contributed by atoms with van der Waals surface area (Å²) in [5.74, 6) is 0.0450. The minimum absolute atomic E-state index is 0.0450. The maximum Gasteiger partial charge on any atom is 0.496 e. The summed E-state index contributed by atoms with van der Waals surface area (Å²) in [7, 11) is -0.363. The summed E-state index contributed by atoms with van der Waals surface area (Å²) in [4.78, 5) is 11.4. The van der Waals surface area contributed by atoms with Crippen molar-refractivity contribution in [3.63, 3.8) is 0 Å². The molecule has 0 spiro atoms. The van der Waals surface area contributed by atoms with E-state index in [0.29, 0.717) is 13.1 Å². The molecule has 2 aliphatic rings. The highest BCUT2D eigenvalue weighted by atomic mass is 16.7. The Morgan fingerprint density at radius 1 is 1.26 bits per heavy atom. The van der Waals surface area contributed by atoms with Crippen molar-refractivity contribution in [1.82, 2.24) is 9.88 Å². The third kappa shape index (κ3) is 1.99. The molecule has 0 unspecified atom stereocenters. The molecule has 5 nitrogen and oxygen atoms in total. The molecule has 0 aromatic carbocycles. The van der Waals surface area contributed by atoms with Gasteiger partial charge >= 0.3 is 7.12 Å². The van der Waals surface area contributed by atoms with Gasteiger partial charge in [0.25, 0.3) is 0 Å². The summed E-state index contributed by atoms with van der Waals surface area (Å²) in [6.07, 6.45) is 1.95. The highest BCUT2D eigenvalue weighted by Crippen LogP contribution is 2.36. The van der Waals surface area contributed by atoms with E-state index in [1.54, 1.807) is 0 Å². The van der Waals surface area contributed by atoms with E-state index >= 15 is 0 Å². The number of carbonyl (C=O) groups excluding carboxylic acids is 1. The van der Waals surface area contributed by atoms with Gasteiger partial charge in [-0.05, 0) is 33.8 Å². The van der Waals surface area contributed by atoms with Crippen LogP contribution in [0.25, 0.3) is 0 Å². The van der Waals surface area contributed by atoms with E-state index in [1.807, 2.05) is 44.5 Å². The van der Waals surface area contributed by atoms with Crippen LogP contribution in [0.4, 0.5) is 0 Å². The second-order valence-electron chi connectivity index (χ2n) is 6.26. The van der Waals surface area contributed by atoms with Gasteiger partial charge in [0.15, 0.2) is 0 Å². The van der Waals surface area contributed by atoms with Crippen molar-refractivity contribution in [2.45, 2.75) is 52.0 Å². The van der Waals surface area contributed by atoms with Gasteiger partial charge in [-0.25, -0.2) is 0 Å². The minimum atomic E-state index is -0.363. The van der Waals surface area contributed by atoms with Crippen LogP contribution < -0.4 is 10.8 Å². The van der Waals surface area contributed by atoms with Crippen molar-refractivity contribution in [1.29, 1.82) is 0 Å². The van der Waals surface area contributed by atoms with Crippen LogP contribution in [0.2, 0.25) is 0 Å². The smallest absolute Gasteiger partial charge is 0.399 e. The first-order chi connectivity index (χ1) is 8.78. The Morgan fingerprint density at radius 2 is 1.89 bits per heavy atom. The molecule has 0 aliphatic carbocycles. The maximum absolute atomic E-state index is 11.4. The molecule has 1 saturated heterocycles. The van der Waals surface area contributed by atoms with Crippen LogP contribution in [0.3, 0.4) is 0 Å². The van der Waals surface area contributed by atoms with Gasteiger partial charge in [0.05, 0.1) is 17.7 Å². The van der Waals surface area contributed by atoms with E-state index in [4.69, 9.17) is 9.31 Å². The van der Waals surface area contributed by atoms with Gasteiger partial charge < -0.3 is 19.2 Å². The quantitative estimate of drug-likeness (QED) is 0.746. The highest BCUT2D eigenvalue weighted by Gasteiger charge is 2.52. The molecule has 3 heterocycles. The normalized spacial score (nSPS) is 24.2. The van der Waals surface area contributed by atoms with Crippen molar-refractivity contribution in [2.24, 2.45) is 0 Å². The Morgan fingerprint density at radius 3 is 2.53 bits per heavy atom. The number of nitrogens with one attached hydrogen (secondary N) is 1. The molecule has 3 rings (SSSR count). The van der Waals surface area contributed by atoms with Gasteiger partial charge in [-0.2, -0.15) is 0 Å². The van der Waals surface area contributed by atoms with E-state index < -0.39 is 0 Å². The van der Waals surface area contributed by atoms with Crippen LogP contribution in [-0.4, -0.2) is 28.8 Å². The van der Waals surface area contributed by atoms with E-state index in [9.17, 15) is 4.79 Å². The lowest BCUT2D eigenvalue weighted by Gasteiger charge is -2.32. The van der Waals surface area contributed by atoms with Gasteiger partial charge in [0.1, 0.15) is 6.54 Å². The first-order valence-electron chi connectivity index (χ1n) is 6.60. The number of aromatic nitrogens is 1. The highest BCUT2D eigenvalue weighted by molar-refractivity contribution is 6.62. The van der Waals surface area contributed by atoms with Gasteiger partial charge in [-0.3, -0.25) is 4.79 Å². The molecule has 1 amide bonds. The second kappa shape index (κ2) is 3.87. The average molecular weight is 262 g/mol. The molecule has 0 bridgehead atoms. The molecular weight excluding hydrogens is 243 g/mol. The summed E-state index contributed by atoms with van der Waals surface area (Å²) in [5, 5.41) is 2.83. The number of fused-ring (bicyclic) bond motifs is 1. The predicted molar refractivity (Wildman–Crippen MR) is 72.0 cm³/mol. The second-order valence-corrected chi connectivity index (χ2v) is 6.26. The number of hydrogen-bond acceptors (Lipinski definition) is 3. The molecule has 1 N–H and O–H groups in total. The summed E-state index contributed by atoms with van der Waals surface area (Å²) in [6.45, 7) is 9.08. The van der Waals surface area contributed by atoms with Crippen LogP contribution in [0, 0.1) is 0 Å². The Bertz CT molecular complexity index is 520. The number of hydrogen-bond donors (Lipinski definition) is 1. The molecule has 0 atom stereocenters. The fourth-order valence-electron chi connectivity index (χ4n) is 2.38.